The Balaban J connectivity index is 1.50. The molecule has 42 heavy (non-hydrogen) atoms. The maximum absolute atomic E-state index is 14.4. The summed E-state index contributed by atoms with van der Waals surface area (Å²) in [6.45, 7) is 0.196. The van der Waals surface area contributed by atoms with E-state index >= 15 is 0 Å². The molecular formula is C31H29ClN4O5S. The van der Waals surface area contributed by atoms with Gasteiger partial charge in [0.15, 0.2) is 0 Å². The number of H-pyrrole nitrogens is 1. The van der Waals surface area contributed by atoms with Crippen LogP contribution < -0.4 is 14.8 Å². The Bertz CT molecular complexity index is 1760. The number of ether oxygens (including phenoxy) is 2. The number of hydrogen-bond donors (Lipinski definition) is 2. The van der Waals surface area contributed by atoms with Crippen LogP contribution >= 0.6 is 11.6 Å². The maximum Gasteiger partial charge on any atom is 0.244 e. The average molecular weight is 605 g/mol. The topological polar surface area (TPSA) is 114 Å². The third kappa shape index (κ3) is 6.57. The smallest absolute Gasteiger partial charge is 0.244 e. The second-order valence-electron chi connectivity index (χ2n) is 9.58. The predicted molar refractivity (Wildman–Crippen MR) is 162 cm³/mol. The Morgan fingerprint density at radius 2 is 1.50 bits per heavy atom. The third-order valence-electron chi connectivity index (χ3n) is 6.76. The Morgan fingerprint density at radius 3 is 2.07 bits per heavy atom. The number of anilines is 1. The van der Waals surface area contributed by atoms with E-state index < -0.39 is 10.0 Å². The molecule has 0 aliphatic carbocycles. The maximum atomic E-state index is 14.4. The van der Waals surface area contributed by atoms with E-state index in [0.717, 1.165) is 11.1 Å². The highest BCUT2D eigenvalue weighted by Crippen LogP contribution is 2.31. The first-order chi connectivity index (χ1) is 20.3. The number of hydrogen-bond acceptors (Lipinski definition) is 6. The van der Waals surface area contributed by atoms with Gasteiger partial charge in [0, 0.05) is 35.4 Å². The van der Waals surface area contributed by atoms with Crippen LogP contribution in [0.3, 0.4) is 0 Å². The average Bonchev–Trinajstić information content (AvgIpc) is 3.47. The summed E-state index contributed by atoms with van der Waals surface area (Å²) >= 11 is 6.23. The molecule has 0 aliphatic rings. The van der Waals surface area contributed by atoms with E-state index in [2.05, 4.69) is 15.5 Å². The summed E-state index contributed by atoms with van der Waals surface area (Å²) in [6.07, 6.45) is 1.57. The van der Waals surface area contributed by atoms with Crippen molar-refractivity contribution in [1.82, 2.24) is 14.5 Å². The number of rotatable bonds is 11. The largest absolute Gasteiger partial charge is 0.497 e. The molecule has 0 saturated heterocycles. The quantitative estimate of drug-likeness (QED) is 0.197. The van der Waals surface area contributed by atoms with Gasteiger partial charge in [0.2, 0.25) is 15.9 Å². The molecule has 1 heterocycles. The Kier molecular flexibility index (Phi) is 8.77. The van der Waals surface area contributed by atoms with E-state index in [4.69, 9.17) is 21.1 Å². The molecule has 216 valence electrons. The summed E-state index contributed by atoms with van der Waals surface area (Å²) in [6, 6.07) is 24.6. The monoisotopic (exact) mass is 604 g/mol. The highest BCUT2D eigenvalue weighted by Gasteiger charge is 2.28. The molecule has 5 aromatic rings. The minimum atomic E-state index is -4.11. The zero-order chi connectivity index (χ0) is 29.7. The van der Waals surface area contributed by atoms with Crippen LogP contribution in [0.25, 0.3) is 10.9 Å². The number of fused-ring (bicyclic) bond motifs is 1. The molecule has 0 spiro atoms. The van der Waals surface area contributed by atoms with Gasteiger partial charge in [-0.05, 0) is 59.2 Å². The molecule has 0 aliphatic heterocycles. The van der Waals surface area contributed by atoms with E-state index in [1.807, 2.05) is 24.3 Å². The van der Waals surface area contributed by atoms with Gasteiger partial charge < -0.3 is 14.8 Å². The number of nitrogens with zero attached hydrogens (tertiary/aromatic N) is 2. The second-order valence-corrected chi connectivity index (χ2v) is 11.9. The van der Waals surface area contributed by atoms with Crippen molar-refractivity contribution in [3.63, 3.8) is 0 Å². The van der Waals surface area contributed by atoms with Gasteiger partial charge >= 0.3 is 0 Å². The normalized spacial score (nSPS) is 11.5. The van der Waals surface area contributed by atoms with Crippen LogP contribution in [0.4, 0.5) is 5.69 Å². The summed E-state index contributed by atoms with van der Waals surface area (Å²) in [7, 11) is -0.960. The molecule has 0 atom stereocenters. The Labute approximate surface area is 249 Å². The van der Waals surface area contributed by atoms with Crippen molar-refractivity contribution < 1.29 is 22.7 Å². The van der Waals surface area contributed by atoms with Crippen LogP contribution in [0.1, 0.15) is 16.7 Å². The van der Waals surface area contributed by atoms with Crippen molar-refractivity contribution in [2.24, 2.45) is 0 Å². The van der Waals surface area contributed by atoms with Gasteiger partial charge in [-0.15, -0.1) is 0 Å². The van der Waals surface area contributed by atoms with Crippen molar-refractivity contribution in [1.29, 1.82) is 0 Å². The molecule has 0 unspecified atom stereocenters. The zero-order valence-corrected chi connectivity index (χ0v) is 24.6. The van der Waals surface area contributed by atoms with E-state index in [9.17, 15) is 13.2 Å². The summed E-state index contributed by atoms with van der Waals surface area (Å²) in [5.74, 6) is 1.00. The molecule has 1 amide bonds. The zero-order valence-electron chi connectivity index (χ0n) is 23.0. The van der Waals surface area contributed by atoms with Crippen LogP contribution in [-0.2, 0) is 34.3 Å². The number of amides is 1. The molecule has 2 N–H and O–H groups in total. The lowest BCUT2D eigenvalue weighted by Gasteiger charge is -2.23. The van der Waals surface area contributed by atoms with E-state index in [0.29, 0.717) is 38.7 Å². The van der Waals surface area contributed by atoms with Crippen LogP contribution in [0.15, 0.2) is 96.0 Å². The van der Waals surface area contributed by atoms with Gasteiger partial charge in [0.1, 0.15) is 11.5 Å². The fourth-order valence-corrected chi connectivity index (χ4v) is 6.39. The fraction of sp³-hybridized carbons (Fsp3) is 0.161. The predicted octanol–water partition coefficient (Wildman–Crippen LogP) is 5.81. The number of aromatic nitrogens is 2. The number of nitrogens with one attached hydrogen (secondary N) is 2. The molecule has 11 heteroatoms. The molecule has 0 fully saturated rings. The lowest BCUT2D eigenvalue weighted by molar-refractivity contribution is -0.115. The van der Waals surface area contributed by atoms with Gasteiger partial charge in [-0.3, -0.25) is 9.89 Å². The lowest BCUT2D eigenvalue weighted by atomic mass is 10.1. The molecule has 4 aromatic carbocycles. The Hall–Kier alpha value is -4.38. The molecule has 9 nitrogen and oxygen atoms in total. The molecule has 0 bridgehead atoms. The van der Waals surface area contributed by atoms with Gasteiger partial charge in [0.05, 0.1) is 31.1 Å². The lowest BCUT2D eigenvalue weighted by Crippen LogP contribution is -2.30. The molecule has 0 radical (unpaired) electrons. The highest BCUT2D eigenvalue weighted by molar-refractivity contribution is 7.89. The number of carbonyl (C=O) groups is 1. The first-order valence-electron chi connectivity index (χ1n) is 13.0. The van der Waals surface area contributed by atoms with Crippen molar-refractivity contribution in [2.45, 2.75) is 24.4 Å². The minimum Gasteiger partial charge on any atom is -0.497 e. The number of carbonyl (C=O) groups excluding carboxylic acids is 1. The SMILES string of the molecule is COc1ccc(CN(Cc2ccc(OC)cc2)S(=O)(=O)c2cc(NC(=O)Cc3ccccc3Cl)cc3n[nH]cc23)cc1. The number of methoxy groups -OCH3 is 2. The van der Waals surface area contributed by atoms with Gasteiger partial charge in [-0.25, -0.2) is 8.42 Å². The van der Waals surface area contributed by atoms with Gasteiger partial charge in [0.25, 0.3) is 0 Å². The fourth-order valence-electron chi connectivity index (χ4n) is 4.56. The standard InChI is InChI=1S/C31H29ClN4O5S/c1-40-25-11-7-21(8-12-25)19-36(20-22-9-13-26(41-2)14-10-22)42(38,39)30-17-24(16-29-27(30)18-33-35-29)34-31(37)15-23-5-3-4-6-28(23)32/h3-14,16-18H,15,19-20H2,1-2H3,(H,33,35)(H,34,37). The molecule has 5 rings (SSSR count). The first kappa shape index (κ1) is 29.1. The van der Waals surface area contributed by atoms with Crippen LogP contribution in [0.5, 0.6) is 11.5 Å². The second kappa shape index (κ2) is 12.6. The summed E-state index contributed by atoms with van der Waals surface area (Å²) < 4.78 is 40.7. The highest BCUT2D eigenvalue weighted by atomic mass is 35.5. The van der Waals surface area contributed by atoms with Crippen molar-refractivity contribution in [3.8, 4) is 11.5 Å². The van der Waals surface area contributed by atoms with E-state index in [1.165, 1.54) is 16.6 Å². The third-order valence-corrected chi connectivity index (χ3v) is 8.96. The molecule has 0 saturated carbocycles. The number of halogens is 1. The molecular weight excluding hydrogens is 576 g/mol. The number of sulfonamides is 1. The van der Waals surface area contributed by atoms with Crippen molar-refractivity contribution in [2.75, 3.05) is 19.5 Å². The van der Waals surface area contributed by atoms with Gasteiger partial charge in [-0.2, -0.15) is 9.40 Å². The Morgan fingerprint density at radius 1 is 0.905 bits per heavy atom. The number of aromatic amines is 1. The van der Waals surface area contributed by atoms with E-state index in [1.54, 1.807) is 68.8 Å². The minimum absolute atomic E-state index is 0.0174. The van der Waals surface area contributed by atoms with Gasteiger partial charge in [-0.1, -0.05) is 54.1 Å². The van der Waals surface area contributed by atoms with E-state index in [-0.39, 0.29) is 30.3 Å². The summed E-state index contributed by atoms with van der Waals surface area (Å²) in [5, 5.41) is 10.7. The first-order valence-corrected chi connectivity index (χ1v) is 14.9. The van der Waals surface area contributed by atoms with Crippen molar-refractivity contribution >= 4 is 44.1 Å². The number of benzene rings is 4. The van der Waals surface area contributed by atoms with Crippen LogP contribution in [0.2, 0.25) is 5.02 Å². The summed E-state index contributed by atoms with van der Waals surface area (Å²) in [4.78, 5) is 12.9. The summed E-state index contributed by atoms with van der Waals surface area (Å²) in [5.41, 5.74) is 2.92. The molecule has 1 aromatic heterocycles. The van der Waals surface area contributed by atoms with Crippen LogP contribution in [0, 0.1) is 0 Å². The van der Waals surface area contributed by atoms with Crippen LogP contribution in [-0.4, -0.2) is 43.0 Å². The van der Waals surface area contributed by atoms with Crippen molar-refractivity contribution in [3.05, 3.63) is 113 Å².